The van der Waals surface area contributed by atoms with Gasteiger partial charge in [-0.1, -0.05) is 197 Å². The van der Waals surface area contributed by atoms with Gasteiger partial charge in [-0.15, -0.1) is 140 Å². The summed E-state index contributed by atoms with van der Waals surface area (Å²) in [5.41, 5.74) is 21.0. The van der Waals surface area contributed by atoms with Crippen LogP contribution in [-0.2, 0) is 99.6 Å². The zero-order valence-electron chi connectivity index (χ0n) is 88.1. The van der Waals surface area contributed by atoms with Gasteiger partial charge < -0.3 is 35.4 Å². The largest absolute Gasteiger partial charge is 0.512 e. The third-order valence-electron chi connectivity index (χ3n) is 26.1. The van der Waals surface area contributed by atoms with Gasteiger partial charge in [0.05, 0.1) is 34.1 Å². The Labute approximate surface area is 898 Å². The molecule has 13 rings (SSSR count). The van der Waals surface area contributed by atoms with Gasteiger partial charge >= 0.3 is 0 Å². The van der Waals surface area contributed by atoms with E-state index in [1.54, 1.807) is 31.1 Å². The summed E-state index contributed by atoms with van der Waals surface area (Å²) >= 11 is 0. The third-order valence-corrected chi connectivity index (χ3v) is 26.1. The van der Waals surface area contributed by atoms with E-state index in [0.29, 0.717) is 5.92 Å². The van der Waals surface area contributed by atoms with Crippen molar-refractivity contribution in [1.29, 1.82) is 0 Å². The predicted molar refractivity (Wildman–Crippen MR) is 570 cm³/mol. The van der Waals surface area contributed by atoms with E-state index >= 15 is 0 Å². The van der Waals surface area contributed by atoms with Crippen LogP contribution in [0.4, 0.5) is 0 Å². The van der Waals surface area contributed by atoms with Crippen LogP contribution in [0.5, 0.6) is 0 Å². The van der Waals surface area contributed by atoms with Crippen LogP contribution in [0.2, 0.25) is 0 Å². The van der Waals surface area contributed by atoms with Crippen molar-refractivity contribution in [2.45, 2.75) is 301 Å². The van der Waals surface area contributed by atoms with Crippen LogP contribution < -0.4 is 0 Å². The van der Waals surface area contributed by atoms with Crippen molar-refractivity contribution in [3.05, 3.63) is 287 Å². The van der Waals surface area contributed by atoms with Crippen molar-refractivity contribution in [2.75, 3.05) is 0 Å². The molecule has 16 nitrogen and oxygen atoms in total. The number of pyridine rings is 6. The number of ketones is 4. The molecule has 0 unspecified atom stereocenters. The number of allylic oxidation sites excluding steroid dienone is 8. The minimum Gasteiger partial charge on any atom is -0.512 e. The molecule has 141 heavy (non-hydrogen) atoms. The van der Waals surface area contributed by atoms with Gasteiger partial charge in [-0.25, -0.2) is 4.98 Å². The first-order chi connectivity index (χ1) is 65.8. The Morgan fingerprint density at radius 3 is 0.965 bits per heavy atom. The fraction of sp³-hybridized carbons (Fsp3) is 0.438. The summed E-state index contributed by atoms with van der Waals surface area (Å²) in [6.45, 7) is 48.9. The summed E-state index contributed by atoms with van der Waals surface area (Å²) in [6.07, 6.45) is 41.2. The molecule has 768 valence electrons. The summed E-state index contributed by atoms with van der Waals surface area (Å²) in [5, 5.41) is 45.7. The van der Waals surface area contributed by atoms with E-state index in [9.17, 15) is 39.6 Å². The topological polar surface area (TPSA) is 252 Å². The SMILES string of the molecule is CCC(CC)C(=O)C=C(O)C(CC)CC.CCC(CC)C(=O)C=C(O)C(CC)CC.CCC(CC)C(=O)C=C(O)C(CC)CC.CCC(CC)C(=O)C=C(O)C(CC)CC.Cc1[c-]c(-c2nccc3ccncc23)cc(C)c1.Cc1[c-]c(-c2nccc3cnccc23)cc(C)c1.Cc1[c-]c(-c2nccc3ncccc23)cc(C)c1.Cc1[c-]c(-c2ncnc3ccc(C4CCCC4)cc23)cc(C)c1.[Ir].[Ir].[Ir].[Ir]. The molecule has 4 radical (unpaired) electrons. The number of nitrogens with zero attached hydrogens (tertiary/aromatic N) is 8. The molecule has 0 spiro atoms. The standard InChI is InChI=1S/C21H21N2.3C16H13N2.4C13H24O2.4Ir/c1-14-9-15(2)11-18(10-14)21-19-12-17(16-5-3-4-6-16)7-8-20(19)22-13-23-21;1-11-7-12(2)9-14(8-11)16-15-4-5-17-10-13(15)3-6-18-16;1-11-7-12(2)9-14(8-11)16-15-10-17-5-3-13(15)4-6-18-16;1-11-8-12(2)10-13(9-11)16-14-4-3-6-17-15(14)5-7-18-16;4*1-5-10(6-2)12(14)9-13(15)11(7-3)8-4;;;;/h7-10,12-13,16H,3-6H2,1-2H3;2*3-8,10H,1-2H3;3-9H,1-2H3;4*9-11,14H,5-8H2,1-4H3;;;;/q4*-1;;;;;;;;. The Hall–Kier alpha value is -9.44. The van der Waals surface area contributed by atoms with Crippen molar-refractivity contribution in [2.24, 2.45) is 47.3 Å². The number of carbonyl (C=O) groups excluding carboxylic acids is 4. The van der Waals surface area contributed by atoms with Gasteiger partial charge in [0.25, 0.3) is 0 Å². The van der Waals surface area contributed by atoms with Gasteiger partial charge in [0.1, 0.15) is 6.33 Å². The monoisotopic (exact) mass is 2620 g/mol. The molecule has 0 bridgehead atoms. The zero-order valence-corrected chi connectivity index (χ0v) is 97.6. The average molecular weight is 2620 g/mol. The number of aryl methyl sites for hydroxylation is 8. The molecule has 5 aromatic carbocycles. The summed E-state index contributed by atoms with van der Waals surface area (Å²) in [5.74, 6) is 2.89. The van der Waals surface area contributed by atoms with Gasteiger partial charge in [-0.05, 0) is 225 Å². The summed E-state index contributed by atoms with van der Waals surface area (Å²) in [7, 11) is 0. The maximum absolute atomic E-state index is 11.7. The number of rotatable bonds is 33. The molecule has 20 heteroatoms. The normalized spacial score (nSPS) is 12.0. The van der Waals surface area contributed by atoms with Gasteiger partial charge in [-0.2, -0.15) is 0 Å². The summed E-state index contributed by atoms with van der Waals surface area (Å²) in [4.78, 5) is 82.1. The Morgan fingerprint density at radius 1 is 0.305 bits per heavy atom. The number of hydrogen-bond acceptors (Lipinski definition) is 16. The van der Waals surface area contributed by atoms with Crippen LogP contribution in [0.3, 0.4) is 0 Å². The van der Waals surface area contributed by atoms with Gasteiger partial charge in [0.2, 0.25) is 0 Å². The van der Waals surface area contributed by atoms with Crippen LogP contribution in [0.1, 0.15) is 295 Å². The third kappa shape index (κ3) is 40.2. The average Bonchev–Trinajstić information content (AvgIpc) is 1.52. The molecule has 7 aromatic heterocycles. The van der Waals surface area contributed by atoms with E-state index in [2.05, 4.69) is 192 Å². The summed E-state index contributed by atoms with van der Waals surface area (Å²) < 4.78 is 0. The molecule has 0 aliphatic heterocycles. The second kappa shape index (κ2) is 68.0. The predicted octanol–water partition coefficient (Wildman–Crippen LogP) is 32.0. The van der Waals surface area contributed by atoms with Crippen LogP contribution in [0.25, 0.3) is 88.4 Å². The number of hydrogen-bond donors (Lipinski definition) is 4. The number of carbonyl (C=O) groups is 4. The van der Waals surface area contributed by atoms with Crippen molar-refractivity contribution >= 4 is 66.5 Å². The first kappa shape index (κ1) is 128. The van der Waals surface area contributed by atoms with Crippen molar-refractivity contribution in [3.8, 4) is 45.0 Å². The van der Waals surface area contributed by atoms with Crippen LogP contribution in [0, 0.1) is 127 Å². The number of aromatic nitrogens is 8. The second-order valence-electron chi connectivity index (χ2n) is 36.2. The van der Waals surface area contributed by atoms with Crippen LogP contribution in [0.15, 0.2) is 212 Å². The zero-order chi connectivity index (χ0) is 101. The van der Waals surface area contributed by atoms with Crippen molar-refractivity contribution in [3.63, 3.8) is 0 Å². The Morgan fingerprint density at radius 2 is 0.610 bits per heavy atom. The van der Waals surface area contributed by atoms with Gasteiger partial charge in [0, 0.05) is 202 Å². The minimum atomic E-state index is 0. The first-order valence-corrected chi connectivity index (χ1v) is 50.5. The fourth-order valence-corrected chi connectivity index (χ4v) is 17.7. The quantitative estimate of drug-likeness (QED) is 0.0169. The molecule has 0 atom stereocenters. The Balaban J connectivity index is 0.000000546. The van der Waals surface area contributed by atoms with Crippen molar-refractivity contribution < 1.29 is 120 Å². The molecule has 1 aliphatic carbocycles. The van der Waals surface area contributed by atoms with E-state index in [4.69, 9.17) is 0 Å². The number of fused-ring (bicyclic) bond motifs is 4. The van der Waals surface area contributed by atoms with Crippen molar-refractivity contribution in [1.82, 2.24) is 39.9 Å². The number of aliphatic hydroxyl groups is 4. The molecule has 1 fully saturated rings. The van der Waals surface area contributed by atoms with Crippen LogP contribution >= 0.6 is 0 Å². The van der Waals surface area contributed by atoms with E-state index in [0.717, 1.165) is 213 Å². The molecular weight excluding hydrogens is 2460 g/mol. The molecule has 1 saturated carbocycles. The van der Waals surface area contributed by atoms with E-state index in [1.807, 2.05) is 172 Å². The number of benzene rings is 5. The molecule has 4 N–H and O–H groups in total. The van der Waals surface area contributed by atoms with Gasteiger partial charge in [0.15, 0.2) is 23.1 Å². The summed E-state index contributed by atoms with van der Waals surface area (Å²) in [6, 6.07) is 51.2. The fourth-order valence-electron chi connectivity index (χ4n) is 17.7. The maximum Gasteiger partial charge on any atom is 0.162 e. The van der Waals surface area contributed by atoms with E-state index < -0.39 is 0 Å². The van der Waals surface area contributed by atoms with Gasteiger partial charge in [-0.3, -0.25) is 39.1 Å². The minimum absolute atomic E-state index is 0. The molecule has 0 amide bonds. The smallest absolute Gasteiger partial charge is 0.162 e. The molecule has 12 aromatic rings. The maximum atomic E-state index is 11.7. The molecule has 0 saturated heterocycles. The van der Waals surface area contributed by atoms with Crippen LogP contribution in [-0.4, -0.2) is 83.4 Å². The molecule has 1 aliphatic rings. The van der Waals surface area contributed by atoms with E-state index in [-0.39, 0.29) is 174 Å². The number of aliphatic hydroxyl groups excluding tert-OH is 4. The molecule has 7 heterocycles. The first-order valence-electron chi connectivity index (χ1n) is 50.5. The Kier molecular flexibility index (Phi) is 61.5. The second-order valence-corrected chi connectivity index (χ2v) is 36.2. The Bertz CT molecular complexity index is 5350. The van der Waals surface area contributed by atoms with E-state index in [1.165, 1.54) is 77.8 Å². The molecular formula is C121H156Ir4N8O8-4.